The molecule has 0 amide bonds. The third kappa shape index (κ3) is 2.18. The number of hydrogen-bond donors (Lipinski definition) is 2. The van der Waals surface area contributed by atoms with E-state index < -0.39 is 5.97 Å². The van der Waals surface area contributed by atoms with Crippen molar-refractivity contribution in [2.75, 3.05) is 38.7 Å². The summed E-state index contributed by atoms with van der Waals surface area (Å²) < 4.78 is 10.6. The standard InChI is InChI=1S/C16H21N3O4/c1-22-11-2-3-17-13(12(11)14(20)21)18-15-8-16(9-15,10-15)19-4-6-23-7-5-19/h2-3H,4-10H2,1H3,(H,17,18)(H,20,21). The van der Waals surface area contributed by atoms with Crippen LogP contribution in [-0.4, -0.2) is 65.5 Å². The van der Waals surface area contributed by atoms with Crippen molar-refractivity contribution in [3.8, 4) is 5.75 Å². The van der Waals surface area contributed by atoms with Crippen molar-refractivity contribution >= 4 is 11.8 Å². The normalized spacial score (nSPS) is 32.6. The van der Waals surface area contributed by atoms with Crippen LogP contribution < -0.4 is 10.1 Å². The fourth-order valence-electron chi connectivity index (χ4n) is 4.41. The maximum absolute atomic E-state index is 11.5. The minimum atomic E-state index is -1.02. The molecule has 0 unspecified atom stereocenters. The van der Waals surface area contributed by atoms with E-state index in [1.165, 1.54) is 7.11 Å². The zero-order valence-electron chi connectivity index (χ0n) is 13.2. The Balaban J connectivity index is 1.48. The Morgan fingerprint density at radius 1 is 1.39 bits per heavy atom. The molecule has 2 bridgehead atoms. The molecule has 7 heteroatoms. The van der Waals surface area contributed by atoms with E-state index in [9.17, 15) is 9.90 Å². The second-order valence-corrected chi connectivity index (χ2v) is 6.80. The summed E-state index contributed by atoms with van der Waals surface area (Å²) in [4.78, 5) is 18.3. The van der Waals surface area contributed by atoms with E-state index >= 15 is 0 Å². The monoisotopic (exact) mass is 319 g/mol. The summed E-state index contributed by atoms with van der Waals surface area (Å²) in [5.41, 5.74) is 0.390. The van der Waals surface area contributed by atoms with E-state index in [2.05, 4.69) is 15.2 Å². The molecular formula is C16H21N3O4. The molecule has 1 aromatic heterocycles. The number of morpholine rings is 1. The molecule has 2 N–H and O–H groups in total. The number of hydrogen-bond acceptors (Lipinski definition) is 6. The highest BCUT2D eigenvalue weighted by atomic mass is 16.5. The fourth-order valence-corrected chi connectivity index (χ4v) is 4.41. The van der Waals surface area contributed by atoms with Crippen molar-refractivity contribution in [3.63, 3.8) is 0 Å². The van der Waals surface area contributed by atoms with Gasteiger partial charge >= 0.3 is 5.97 Å². The number of carboxylic acids is 1. The van der Waals surface area contributed by atoms with E-state index in [4.69, 9.17) is 9.47 Å². The topological polar surface area (TPSA) is 83.9 Å². The van der Waals surface area contributed by atoms with Gasteiger partial charge in [-0.1, -0.05) is 0 Å². The molecule has 0 spiro atoms. The average Bonchev–Trinajstić information content (AvgIpc) is 2.49. The third-order valence-electron chi connectivity index (χ3n) is 5.41. The van der Waals surface area contributed by atoms with E-state index in [0.717, 1.165) is 45.6 Å². The minimum absolute atomic E-state index is 0.0120. The second kappa shape index (κ2) is 5.07. The van der Waals surface area contributed by atoms with E-state index in [-0.39, 0.29) is 11.1 Å². The van der Waals surface area contributed by atoms with Crippen LogP contribution in [0, 0.1) is 0 Å². The molecule has 0 radical (unpaired) electrons. The largest absolute Gasteiger partial charge is 0.496 e. The summed E-state index contributed by atoms with van der Waals surface area (Å²) in [6, 6.07) is 1.58. The molecule has 5 rings (SSSR count). The molecule has 0 atom stereocenters. The van der Waals surface area contributed by atoms with Crippen molar-refractivity contribution in [1.82, 2.24) is 9.88 Å². The van der Waals surface area contributed by atoms with Crippen LogP contribution in [0.5, 0.6) is 5.75 Å². The summed E-state index contributed by atoms with van der Waals surface area (Å²) in [5, 5.41) is 12.8. The molecule has 4 fully saturated rings. The number of ether oxygens (including phenoxy) is 2. The molecule has 1 aliphatic heterocycles. The molecule has 3 saturated carbocycles. The lowest BCUT2D eigenvalue weighted by Crippen LogP contribution is -2.82. The highest BCUT2D eigenvalue weighted by Gasteiger charge is 2.70. The van der Waals surface area contributed by atoms with Crippen LogP contribution >= 0.6 is 0 Å². The van der Waals surface area contributed by atoms with Crippen LogP contribution in [0.3, 0.4) is 0 Å². The number of carboxylic acid groups (broad SMARTS) is 1. The Hall–Kier alpha value is -1.86. The molecule has 124 valence electrons. The van der Waals surface area contributed by atoms with Crippen LogP contribution in [0.1, 0.15) is 29.6 Å². The number of carbonyl (C=O) groups is 1. The first kappa shape index (κ1) is 14.7. The Labute approximate surface area is 134 Å². The molecule has 0 aromatic carbocycles. The number of aromatic carboxylic acids is 1. The van der Waals surface area contributed by atoms with Gasteiger partial charge in [0.25, 0.3) is 0 Å². The van der Waals surface area contributed by atoms with Crippen LogP contribution in [0.4, 0.5) is 5.82 Å². The predicted molar refractivity (Wildman–Crippen MR) is 83.1 cm³/mol. The zero-order chi connectivity index (χ0) is 16.1. The van der Waals surface area contributed by atoms with Crippen molar-refractivity contribution in [2.45, 2.75) is 30.3 Å². The lowest BCUT2D eigenvalue weighted by atomic mass is 9.43. The molecule has 23 heavy (non-hydrogen) atoms. The van der Waals surface area contributed by atoms with Crippen molar-refractivity contribution in [1.29, 1.82) is 0 Å². The Morgan fingerprint density at radius 3 is 2.70 bits per heavy atom. The number of pyridine rings is 1. The summed E-state index contributed by atoms with van der Waals surface area (Å²) in [7, 11) is 1.47. The van der Waals surface area contributed by atoms with Gasteiger partial charge in [-0.3, -0.25) is 4.90 Å². The number of rotatable bonds is 5. The first-order chi connectivity index (χ1) is 11.1. The Bertz CT molecular complexity index is 622. The highest BCUT2D eigenvalue weighted by molar-refractivity contribution is 5.96. The van der Waals surface area contributed by atoms with Gasteiger partial charge in [-0.15, -0.1) is 0 Å². The number of aromatic nitrogens is 1. The fraction of sp³-hybridized carbons (Fsp3) is 0.625. The van der Waals surface area contributed by atoms with E-state index in [1.54, 1.807) is 12.3 Å². The maximum atomic E-state index is 11.5. The molecule has 1 saturated heterocycles. The van der Waals surface area contributed by atoms with Crippen LogP contribution in [0.15, 0.2) is 12.3 Å². The maximum Gasteiger partial charge on any atom is 0.343 e. The first-order valence-electron chi connectivity index (χ1n) is 7.95. The molecule has 3 aliphatic carbocycles. The van der Waals surface area contributed by atoms with Crippen LogP contribution in [0.2, 0.25) is 0 Å². The van der Waals surface area contributed by atoms with Crippen molar-refractivity contribution in [3.05, 3.63) is 17.8 Å². The molecule has 4 aliphatic rings. The predicted octanol–water partition coefficient (Wildman–Crippen LogP) is 1.21. The van der Waals surface area contributed by atoms with E-state index in [1.807, 2.05) is 0 Å². The first-order valence-corrected chi connectivity index (χ1v) is 7.95. The van der Waals surface area contributed by atoms with Gasteiger partial charge in [-0.25, -0.2) is 9.78 Å². The third-order valence-corrected chi connectivity index (χ3v) is 5.41. The van der Waals surface area contributed by atoms with Gasteiger partial charge in [0.05, 0.1) is 20.3 Å². The zero-order valence-corrected chi connectivity index (χ0v) is 13.2. The molecular weight excluding hydrogens is 298 g/mol. The lowest BCUT2D eigenvalue weighted by Gasteiger charge is -2.74. The minimum Gasteiger partial charge on any atom is -0.496 e. The van der Waals surface area contributed by atoms with Gasteiger partial charge in [0.2, 0.25) is 0 Å². The van der Waals surface area contributed by atoms with Gasteiger partial charge < -0.3 is 19.9 Å². The lowest BCUT2D eigenvalue weighted by molar-refractivity contribution is -0.172. The number of anilines is 1. The number of nitrogens with zero attached hydrogens (tertiary/aromatic N) is 2. The SMILES string of the molecule is COc1ccnc(NC23CC(N4CCOCC4)(C2)C3)c1C(=O)O. The second-order valence-electron chi connectivity index (χ2n) is 6.80. The van der Waals surface area contributed by atoms with Gasteiger partial charge in [-0.05, 0) is 25.3 Å². The smallest absolute Gasteiger partial charge is 0.343 e. The van der Waals surface area contributed by atoms with Crippen molar-refractivity contribution < 1.29 is 19.4 Å². The Morgan fingerprint density at radius 2 is 2.09 bits per heavy atom. The molecule has 7 nitrogen and oxygen atoms in total. The molecule has 1 aromatic rings. The van der Waals surface area contributed by atoms with Crippen molar-refractivity contribution in [2.24, 2.45) is 0 Å². The Kier molecular flexibility index (Phi) is 3.24. The van der Waals surface area contributed by atoms with Gasteiger partial charge in [0.15, 0.2) is 0 Å². The van der Waals surface area contributed by atoms with Gasteiger partial charge in [-0.2, -0.15) is 0 Å². The summed E-state index contributed by atoms with van der Waals surface area (Å²) in [6.45, 7) is 3.60. The highest BCUT2D eigenvalue weighted by Crippen LogP contribution is 2.65. The summed E-state index contributed by atoms with van der Waals surface area (Å²) in [5.74, 6) is -0.274. The molecule has 2 heterocycles. The average molecular weight is 319 g/mol. The van der Waals surface area contributed by atoms with Crippen LogP contribution in [-0.2, 0) is 4.74 Å². The van der Waals surface area contributed by atoms with Crippen LogP contribution in [0.25, 0.3) is 0 Å². The number of nitrogens with one attached hydrogen (secondary N) is 1. The van der Waals surface area contributed by atoms with E-state index in [0.29, 0.717) is 17.1 Å². The van der Waals surface area contributed by atoms with Gasteiger partial charge in [0.1, 0.15) is 17.1 Å². The number of methoxy groups -OCH3 is 1. The summed E-state index contributed by atoms with van der Waals surface area (Å²) >= 11 is 0. The van der Waals surface area contributed by atoms with Gasteiger partial charge in [0, 0.05) is 30.4 Å². The quantitative estimate of drug-likeness (QED) is 0.844. The summed E-state index contributed by atoms with van der Waals surface area (Å²) in [6.07, 6.45) is 4.70.